The van der Waals surface area contributed by atoms with Gasteiger partial charge in [0, 0.05) is 19.3 Å². The van der Waals surface area contributed by atoms with E-state index in [0.29, 0.717) is 25.7 Å². The number of phosphoric acid groups is 1. The van der Waals surface area contributed by atoms with Crippen LogP contribution in [-0.2, 0) is 42.2 Å². The summed E-state index contributed by atoms with van der Waals surface area (Å²) < 4.78 is 39.5. The second-order valence-corrected chi connectivity index (χ2v) is 21.6. The molecule has 3 atom stereocenters. The Balaban J connectivity index is 4.75. The fraction of sp³-hybridized carbons (Fsp3) is 0.790. The van der Waals surface area contributed by atoms with Crippen LogP contribution in [0.4, 0.5) is 0 Å². The molecule has 0 bridgehead atoms. The van der Waals surface area contributed by atoms with Gasteiger partial charge in [-0.05, 0) is 57.8 Å². The normalized spacial score (nSPS) is 13.7. The van der Waals surface area contributed by atoms with Gasteiger partial charge < -0.3 is 24.2 Å². The molecule has 0 fully saturated rings. The van der Waals surface area contributed by atoms with Gasteiger partial charge in [-0.3, -0.25) is 23.4 Å². The van der Waals surface area contributed by atoms with Crippen molar-refractivity contribution in [2.75, 3.05) is 26.4 Å². The summed E-state index contributed by atoms with van der Waals surface area (Å²) in [5.74, 6) is -1.52. The summed E-state index contributed by atoms with van der Waals surface area (Å²) in [6.45, 7) is 4.50. The van der Waals surface area contributed by atoms with Crippen LogP contribution < -0.4 is 0 Å². The van der Waals surface area contributed by atoms with Gasteiger partial charge in [-0.15, -0.1) is 0 Å². The van der Waals surface area contributed by atoms with E-state index in [1.807, 2.05) is 6.08 Å². The molecule has 0 aliphatic carbocycles. The molecule has 0 aliphatic rings. The highest BCUT2D eigenvalue weighted by Gasteiger charge is 2.28. The van der Waals surface area contributed by atoms with E-state index >= 15 is 0 Å². The molecular formula is C62H111O11P. The fourth-order valence-corrected chi connectivity index (χ4v) is 9.18. The average Bonchev–Trinajstić information content (AvgIpc) is 3.39. The summed E-state index contributed by atoms with van der Waals surface area (Å²) >= 11 is 0. The van der Waals surface area contributed by atoms with E-state index in [1.165, 1.54) is 141 Å². The Morgan fingerprint density at radius 2 is 0.703 bits per heavy atom. The number of aliphatic hydroxyl groups excluding tert-OH is 1. The molecule has 0 aromatic carbocycles. The summed E-state index contributed by atoms with van der Waals surface area (Å²) in [5, 5.41) is 9.80. The molecule has 74 heavy (non-hydrogen) atoms. The van der Waals surface area contributed by atoms with Crippen LogP contribution in [0.1, 0.15) is 278 Å². The Kier molecular flexibility index (Phi) is 54.2. The molecule has 0 aliphatic heterocycles. The number of carbonyl (C=O) groups excluding carboxylic acids is 3. The van der Waals surface area contributed by atoms with Crippen molar-refractivity contribution in [1.82, 2.24) is 0 Å². The van der Waals surface area contributed by atoms with E-state index < -0.39 is 57.8 Å². The molecule has 0 heterocycles. The van der Waals surface area contributed by atoms with Gasteiger partial charge in [0.25, 0.3) is 0 Å². The molecule has 3 unspecified atom stereocenters. The van der Waals surface area contributed by atoms with E-state index in [9.17, 15) is 28.9 Å². The second-order valence-electron chi connectivity index (χ2n) is 20.1. The standard InChI is InChI=1S/C62H111O11P/c1-4-7-10-13-16-19-22-24-26-28-29-31-32-34-37-39-42-45-48-51-60(64)69-55-59(73-62(66)53-50-47-44-41-38-35-33-30-27-25-23-20-17-14-11-8-5-2)57-71-74(67,68)70-56-58(54-63)72-61(65)52-49-46-43-40-36-21-18-15-12-9-6-3/h8,11,17,20,25,27,33,35,41,44,58-59,63H,4-7,9-10,12-16,18-19,21-24,26,28-32,34,36-40,42-43,45-57H2,1-3H3,(H,67,68)/b11-8-,20-17-,27-25-,35-33-,44-41-. The highest BCUT2D eigenvalue weighted by atomic mass is 31.2. The number of unbranched alkanes of at least 4 members (excludes halogenated alkanes) is 29. The van der Waals surface area contributed by atoms with Crippen LogP contribution in [0.2, 0.25) is 0 Å². The van der Waals surface area contributed by atoms with Crippen LogP contribution >= 0.6 is 7.82 Å². The number of rotatable bonds is 56. The van der Waals surface area contributed by atoms with Gasteiger partial charge in [0.05, 0.1) is 19.8 Å². The highest BCUT2D eigenvalue weighted by Crippen LogP contribution is 2.43. The number of phosphoric ester groups is 1. The number of aliphatic hydroxyl groups is 1. The lowest BCUT2D eigenvalue weighted by Gasteiger charge is -2.21. The maximum absolute atomic E-state index is 12.9. The maximum atomic E-state index is 12.9. The molecule has 0 saturated carbocycles. The zero-order chi connectivity index (χ0) is 54.1. The number of esters is 3. The summed E-state index contributed by atoms with van der Waals surface area (Å²) in [7, 11) is -4.76. The highest BCUT2D eigenvalue weighted by molar-refractivity contribution is 7.47. The molecule has 2 N–H and O–H groups in total. The van der Waals surface area contributed by atoms with Crippen molar-refractivity contribution in [3.8, 4) is 0 Å². The molecule has 0 aromatic heterocycles. The third-order valence-electron chi connectivity index (χ3n) is 13.0. The number of hydrogen-bond donors (Lipinski definition) is 2. The SMILES string of the molecule is CC/C=C\C/C=C\C/C=C\C/C=C\C/C=C\CCCC(=O)OC(COC(=O)CCCCCCCCCCCCCCCCCCCCC)COP(=O)(O)OCC(CO)OC(=O)CCCCCCCCCCCCC. The van der Waals surface area contributed by atoms with Gasteiger partial charge >= 0.3 is 25.7 Å². The molecule has 430 valence electrons. The molecule has 12 heteroatoms. The molecule has 0 rings (SSSR count). The van der Waals surface area contributed by atoms with Crippen LogP contribution in [0.5, 0.6) is 0 Å². The predicted molar refractivity (Wildman–Crippen MR) is 307 cm³/mol. The minimum atomic E-state index is -4.76. The summed E-state index contributed by atoms with van der Waals surface area (Å²) in [5.41, 5.74) is 0. The first-order valence-electron chi connectivity index (χ1n) is 30.2. The average molecular weight is 1060 g/mol. The topological polar surface area (TPSA) is 155 Å². The van der Waals surface area contributed by atoms with Crippen molar-refractivity contribution >= 4 is 25.7 Å². The Bertz CT molecular complexity index is 1470. The van der Waals surface area contributed by atoms with Crippen molar-refractivity contribution in [3.05, 3.63) is 60.8 Å². The van der Waals surface area contributed by atoms with Gasteiger partial charge in [-0.2, -0.15) is 0 Å². The van der Waals surface area contributed by atoms with E-state index in [1.54, 1.807) is 0 Å². The molecule has 0 saturated heterocycles. The molecule has 11 nitrogen and oxygen atoms in total. The van der Waals surface area contributed by atoms with Crippen molar-refractivity contribution in [2.45, 2.75) is 290 Å². The smallest absolute Gasteiger partial charge is 0.462 e. The van der Waals surface area contributed by atoms with Crippen molar-refractivity contribution < 1.29 is 52.2 Å². The fourth-order valence-electron chi connectivity index (χ4n) is 8.39. The second kappa shape index (κ2) is 56.4. The van der Waals surface area contributed by atoms with Gasteiger partial charge in [0.2, 0.25) is 0 Å². The summed E-state index contributed by atoms with van der Waals surface area (Å²) in [4.78, 5) is 48.5. The van der Waals surface area contributed by atoms with Crippen LogP contribution in [-0.4, -0.2) is 66.5 Å². The number of ether oxygens (including phenoxy) is 3. The Morgan fingerprint density at radius 3 is 1.08 bits per heavy atom. The third-order valence-corrected chi connectivity index (χ3v) is 13.9. The lowest BCUT2D eigenvalue weighted by atomic mass is 10.0. The van der Waals surface area contributed by atoms with Crippen LogP contribution in [0.15, 0.2) is 60.8 Å². The number of hydrogen-bond acceptors (Lipinski definition) is 10. The first-order valence-corrected chi connectivity index (χ1v) is 31.7. The van der Waals surface area contributed by atoms with Gasteiger partial charge in [0.1, 0.15) is 12.7 Å². The van der Waals surface area contributed by atoms with Crippen LogP contribution in [0, 0.1) is 0 Å². The zero-order valence-corrected chi connectivity index (χ0v) is 48.5. The first-order chi connectivity index (χ1) is 36.2. The first kappa shape index (κ1) is 71.2. The summed E-state index contributed by atoms with van der Waals surface area (Å²) in [6.07, 6.45) is 61.9. The lowest BCUT2D eigenvalue weighted by molar-refractivity contribution is -0.161. The van der Waals surface area contributed by atoms with Gasteiger partial charge in [-0.1, -0.05) is 261 Å². The Labute approximate surface area is 453 Å². The van der Waals surface area contributed by atoms with Crippen LogP contribution in [0.3, 0.4) is 0 Å². The van der Waals surface area contributed by atoms with Crippen LogP contribution in [0.25, 0.3) is 0 Å². The van der Waals surface area contributed by atoms with Crippen molar-refractivity contribution in [3.63, 3.8) is 0 Å². The zero-order valence-electron chi connectivity index (χ0n) is 47.6. The minimum Gasteiger partial charge on any atom is -0.462 e. The van der Waals surface area contributed by atoms with Gasteiger partial charge in [0.15, 0.2) is 6.10 Å². The minimum absolute atomic E-state index is 0.0914. The van der Waals surface area contributed by atoms with E-state index in [4.69, 9.17) is 23.3 Å². The van der Waals surface area contributed by atoms with Crippen molar-refractivity contribution in [1.29, 1.82) is 0 Å². The summed E-state index contributed by atoms with van der Waals surface area (Å²) in [6, 6.07) is 0. The molecule has 0 spiro atoms. The largest absolute Gasteiger partial charge is 0.472 e. The lowest BCUT2D eigenvalue weighted by Crippen LogP contribution is -2.30. The Hall–Kier alpha value is -2.82. The maximum Gasteiger partial charge on any atom is 0.472 e. The van der Waals surface area contributed by atoms with Gasteiger partial charge in [-0.25, -0.2) is 4.57 Å². The van der Waals surface area contributed by atoms with Crippen molar-refractivity contribution in [2.24, 2.45) is 0 Å². The monoisotopic (exact) mass is 1060 g/mol. The molecular weight excluding hydrogens is 952 g/mol. The van der Waals surface area contributed by atoms with E-state index in [-0.39, 0.29) is 25.9 Å². The quantitative estimate of drug-likeness (QED) is 0.0197. The Morgan fingerprint density at radius 1 is 0.392 bits per heavy atom. The molecule has 0 amide bonds. The number of carbonyl (C=O) groups is 3. The molecule has 0 aromatic rings. The number of allylic oxidation sites excluding steroid dienone is 10. The third kappa shape index (κ3) is 54.0. The van der Waals surface area contributed by atoms with E-state index in [0.717, 1.165) is 70.6 Å². The van der Waals surface area contributed by atoms with E-state index in [2.05, 4.69) is 75.5 Å². The predicted octanol–water partition coefficient (Wildman–Crippen LogP) is 17.9. The molecule has 0 radical (unpaired) electrons.